The number of β-lactam (4-membered cyclic amide) rings is 1. The van der Waals surface area contributed by atoms with Crippen molar-refractivity contribution >= 4 is 17.6 Å². The average Bonchev–Trinajstić information content (AvgIpc) is 2.64. The van der Waals surface area contributed by atoms with Gasteiger partial charge in [-0.25, -0.2) is 9.69 Å². The maximum Gasteiger partial charge on any atom is 0.327 e. The zero-order valence-corrected chi connectivity index (χ0v) is 13.9. The Balaban J connectivity index is 1.56. The Kier molecular flexibility index (Phi) is 5.09. The minimum atomic E-state index is -0.665. The normalized spacial score (nSPS) is 17.0. The summed E-state index contributed by atoms with van der Waals surface area (Å²) in [6, 6.07) is 18.6. The summed E-state index contributed by atoms with van der Waals surface area (Å²) in [5.74, 6) is -0.275. The van der Waals surface area contributed by atoms with Gasteiger partial charge in [-0.3, -0.25) is 4.79 Å². The van der Waals surface area contributed by atoms with Crippen LogP contribution in [0.25, 0.3) is 0 Å². The lowest BCUT2D eigenvalue weighted by Crippen LogP contribution is -2.59. The molecule has 1 N–H and O–H groups in total. The Labute approximate surface area is 146 Å². The Morgan fingerprint density at radius 1 is 1.16 bits per heavy atom. The van der Waals surface area contributed by atoms with E-state index >= 15 is 0 Å². The smallest absolute Gasteiger partial charge is 0.327 e. The van der Waals surface area contributed by atoms with E-state index in [2.05, 4.69) is 10.5 Å². The summed E-state index contributed by atoms with van der Waals surface area (Å²) in [7, 11) is 0. The van der Waals surface area contributed by atoms with Crippen molar-refractivity contribution in [3.05, 3.63) is 71.8 Å². The molecule has 25 heavy (non-hydrogen) atoms. The molecule has 0 saturated carbocycles. The minimum Gasteiger partial charge on any atom is -0.369 e. The topological polar surface area (TPSA) is 71.0 Å². The molecule has 3 rings (SSSR count). The largest absolute Gasteiger partial charge is 0.369 e. The summed E-state index contributed by atoms with van der Waals surface area (Å²) >= 11 is 0. The molecule has 1 heterocycles. The molecule has 1 aliphatic heterocycles. The lowest BCUT2D eigenvalue weighted by Gasteiger charge is -2.35. The van der Waals surface area contributed by atoms with Gasteiger partial charge in [-0.15, -0.1) is 0 Å². The number of urea groups is 1. The van der Waals surface area contributed by atoms with Gasteiger partial charge in [-0.05, 0) is 18.1 Å². The van der Waals surface area contributed by atoms with Crippen LogP contribution >= 0.6 is 0 Å². The van der Waals surface area contributed by atoms with Crippen molar-refractivity contribution in [1.82, 2.24) is 10.2 Å². The fourth-order valence-corrected chi connectivity index (χ4v) is 2.45. The van der Waals surface area contributed by atoms with Crippen LogP contribution in [0.1, 0.15) is 24.5 Å². The zero-order chi connectivity index (χ0) is 17.6. The molecule has 6 nitrogen and oxygen atoms in total. The highest BCUT2D eigenvalue weighted by molar-refractivity contribution is 6.00. The highest BCUT2D eigenvalue weighted by atomic mass is 16.7. The standard InChI is InChI=1S/C19H19N3O3/c1-14(16-10-6-3-7-11-16)21-25-18-12-17(23)22(18)19(24)20-13-15-8-4-2-5-9-15/h2-11,18H,12-13H2,1H3,(H,20,24)/b21-14+. The number of hydrogen-bond donors (Lipinski definition) is 1. The Bertz CT molecular complexity index is 775. The van der Waals surface area contributed by atoms with Crippen LogP contribution < -0.4 is 5.32 Å². The number of oxime groups is 1. The summed E-state index contributed by atoms with van der Waals surface area (Å²) in [6.45, 7) is 2.16. The monoisotopic (exact) mass is 337 g/mol. The Morgan fingerprint density at radius 2 is 1.80 bits per heavy atom. The van der Waals surface area contributed by atoms with Gasteiger partial charge in [0.15, 0.2) is 0 Å². The van der Waals surface area contributed by atoms with Crippen LogP contribution in [0, 0.1) is 0 Å². The van der Waals surface area contributed by atoms with Gasteiger partial charge in [0, 0.05) is 6.54 Å². The molecule has 1 unspecified atom stereocenters. The number of imide groups is 1. The molecule has 128 valence electrons. The first kappa shape index (κ1) is 16.7. The summed E-state index contributed by atoms with van der Waals surface area (Å²) in [6.07, 6.45) is -0.522. The van der Waals surface area contributed by atoms with Gasteiger partial charge in [0.05, 0.1) is 12.1 Å². The molecule has 1 saturated heterocycles. The third-order valence-electron chi connectivity index (χ3n) is 3.91. The summed E-state index contributed by atoms with van der Waals surface area (Å²) in [4.78, 5) is 30.4. The molecule has 1 atom stereocenters. The third kappa shape index (κ3) is 4.03. The molecule has 0 aromatic heterocycles. The number of nitrogens with zero attached hydrogens (tertiary/aromatic N) is 2. The minimum absolute atomic E-state index is 0.143. The molecular weight excluding hydrogens is 318 g/mol. The average molecular weight is 337 g/mol. The van der Waals surface area contributed by atoms with Crippen molar-refractivity contribution < 1.29 is 14.4 Å². The van der Waals surface area contributed by atoms with Crippen molar-refractivity contribution in [2.75, 3.05) is 0 Å². The van der Waals surface area contributed by atoms with Crippen molar-refractivity contribution in [1.29, 1.82) is 0 Å². The predicted octanol–water partition coefficient (Wildman–Crippen LogP) is 2.90. The predicted molar refractivity (Wildman–Crippen MR) is 93.7 cm³/mol. The molecule has 2 aromatic carbocycles. The first-order chi connectivity index (χ1) is 12.1. The quantitative estimate of drug-likeness (QED) is 0.518. The van der Waals surface area contributed by atoms with E-state index in [9.17, 15) is 9.59 Å². The van der Waals surface area contributed by atoms with Crippen molar-refractivity contribution in [3.8, 4) is 0 Å². The second kappa shape index (κ2) is 7.61. The summed E-state index contributed by atoms with van der Waals surface area (Å²) in [5.41, 5.74) is 2.57. The molecular formula is C19H19N3O3. The summed E-state index contributed by atoms with van der Waals surface area (Å²) in [5, 5.41) is 6.76. The zero-order valence-electron chi connectivity index (χ0n) is 13.9. The number of amides is 3. The number of likely N-dealkylation sites (tertiary alicyclic amines) is 1. The van der Waals surface area contributed by atoms with E-state index in [1.165, 1.54) is 0 Å². The lowest BCUT2D eigenvalue weighted by molar-refractivity contribution is -0.164. The maximum absolute atomic E-state index is 12.2. The van der Waals surface area contributed by atoms with Gasteiger partial charge in [-0.2, -0.15) is 0 Å². The third-order valence-corrected chi connectivity index (χ3v) is 3.91. The van der Waals surface area contributed by atoms with E-state index < -0.39 is 12.3 Å². The molecule has 1 aliphatic rings. The number of rotatable bonds is 5. The van der Waals surface area contributed by atoms with E-state index in [4.69, 9.17) is 4.84 Å². The highest BCUT2D eigenvalue weighted by Gasteiger charge is 2.43. The molecule has 6 heteroatoms. The number of carbonyl (C=O) groups excluding carboxylic acids is 2. The first-order valence-corrected chi connectivity index (χ1v) is 8.05. The van der Waals surface area contributed by atoms with Crippen LogP contribution in [0.5, 0.6) is 0 Å². The SMILES string of the molecule is C/C(=N\OC1CC(=O)N1C(=O)NCc1ccccc1)c1ccccc1. The van der Waals surface area contributed by atoms with Crippen LogP contribution in [0.3, 0.4) is 0 Å². The van der Waals surface area contributed by atoms with Gasteiger partial charge >= 0.3 is 6.03 Å². The van der Waals surface area contributed by atoms with Gasteiger partial charge in [0.2, 0.25) is 12.1 Å². The second-order valence-corrected chi connectivity index (χ2v) is 5.71. The molecule has 0 radical (unpaired) electrons. The Hall–Kier alpha value is -3.15. The highest BCUT2D eigenvalue weighted by Crippen LogP contribution is 2.21. The fraction of sp³-hybridized carbons (Fsp3) is 0.211. The number of benzene rings is 2. The molecule has 0 bridgehead atoms. The van der Waals surface area contributed by atoms with Crippen LogP contribution in [0.15, 0.2) is 65.8 Å². The van der Waals surface area contributed by atoms with Gasteiger partial charge in [0.1, 0.15) is 0 Å². The van der Waals surface area contributed by atoms with E-state index in [1.54, 1.807) is 0 Å². The number of nitrogens with one attached hydrogen (secondary N) is 1. The molecule has 2 aromatic rings. The van der Waals surface area contributed by atoms with Crippen molar-refractivity contribution in [3.63, 3.8) is 0 Å². The van der Waals surface area contributed by atoms with Crippen LogP contribution in [-0.2, 0) is 16.2 Å². The lowest BCUT2D eigenvalue weighted by atomic mass is 10.1. The van der Waals surface area contributed by atoms with Crippen LogP contribution in [0.2, 0.25) is 0 Å². The molecule has 3 amide bonds. The Morgan fingerprint density at radius 3 is 2.44 bits per heavy atom. The van der Waals surface area contributed by atoms with Crippen LogP contribution in [-0.4, -0.2) is 28.8 Å². The summed E-state index contributed by atoms with van der Waals surface area (Å²) < 4.78 is 0. The molecule has 0 spiro atoms. The van der Waals surface area contributed by atoms with Crippen molar-refractivity contribution in [2.45, 2.75) is 26.1 Å². The van der Waals surface area contributed by atoms with E-state index in [0.29, 0.717) is 12.3 Å². The maximum atomic E-state index is 12.2. The van der Waals surface area contributed by atoms with Gasteiger partial charge in [-0.1, -0.05) is 65.8 Å². The van der Waals surface area contributed by atoms with E-state index in [1.807, 2.05) is 67.6 Å². The van der Waals surface area contributed by atoms with Crippen molar-refractivity contribution in [2.24, 2.45) is 5.16 Å². The second-order valence-electron chi connectivity index (χ2n) is 5.71. The van der Waals surface area contributed by atoms with Gasteiger partial charge < -0.3 is 10.2 Å². The van der Waals surface area contributed by atoms with E-state index in [-0.39, 0.29) is 12.3 Å². The van der Waals surface area contributed by atoms with Crippen LogP contribution in [0.4, 0.5) is 4.79 Å². The van der Waals surface area contributed by atoms with E-state index in [0.717, 1.165) is 16.0 Å². The number of hydrogen-bond acceptors (Lipinski definition) is 4. The molecule has 0 aliphatic carbocycles. The first-order valence-electron chi connectivity index (χ1n) is 8.05. The van der Waals surface area contributed by atoms with Gasteiger partial charge in [0.25, 0.3) is 0 Å². The fourth-order valence-electron chi connectivity index (χ4n) is 2.45. The number of carbonyl (C=O) groups is 2. The molecule has 1 fully saturated rings.